The normalized spacial score (nSPS) is 35.6. The van der Waals surface area contributed by atoms with Crippen LogP contribution in [0.15, 0.2) is 11.0 Å². The van der Waals surface area contributed by atoms with Crippen LogP contribution in [0.1, 0.15) is 79.1 Å². The van der Waals surface area contributed by atoms with E-state index in [2.05, 4.69) is 13.8 Å². The minimum absolute atomic E-state index is 0.338. The zero-order valence-electron chi connectivity index (χ0n) is 14.6. The van der Waals surface area contributed by atoms with Crippen LogP contribution in [0, 0.1) is 23.2 Å². The second kappa shape index (κ2) is 7.23. The van der Waals surface area contributed by atoms with Gasteiger partial charge in [-0.15, -0.1) is 0 Å². The maximum atomic E-state index is 13.7. The number of halogens is 2. The highest BCUT2D eigenvalue weighted by Crippen LogP contribution is 2.60. The van der Waals surface area contributed by atoms with E-state index in [1.807, 2.05) is 0 Å². The first-order valence-electron chi connectivity index (χ1n) is 8.93. The molecule has 0 aromatic heterocycles. The third kappa shape index (κ3) is 4.07. The molecule has 0 N–H and O–H groups in total. The predicted octanol–water partition coefficient (Wildman–Crippen LogP) is 7.26. The van der Waals surface area contributed by atoms with Gasteiger partial charge < -0.3 is 0 Å². The molecule has 2 aliphatic rings. The molecule has 0 bridgehead atoms. The van der Waals surface area contributed by atoms with Gasteiger partial charge in [-0.3, -0.25) is 0 Å². The minimum atomic E-state index is -1.04. The smallest absolute Gasteiger partial charge is 0.105 e. The lowest BCUT2D eigenvalue weighted by atomic mass is 9.61. The van der Waals surface area contributed by atoms with Crippen LogP contribution in [0.5, 0.6) is 0 Å². The van der Waals surface area contributed by atoms with Gasteiger partial charge in [0.2, 0.25) is 0 Å². The Bertz CT molecular complexity index is 399. The Balaban J connectivity index is 1.99. The van der Waals surface area contributed by atoms with Crippen LogP contribution >= 0.6 is 12.1 Å². The number of fused-ring (bicyclic) bond motifs is 1. The molecule has 2 rings (SSSR count). The topological polar surface area (TPSA) is 0 Å². The van der Waals surface area contributed by atoms with Crippen LogP contribution in [0.3, 0.4) is 0 Å². The van der Waals surface area contributed by atoms with Crippen molar-refractivity contribution in [2.75, 3.05) is 0 Å². The highest BCUT2D eigenvalue weighted by molar-refractivity contribution is 7.97. The van der Waals surface area contributed by atoms with Crippen molar-refractivity contribution in [1.82, 2.24) is 0 Å². The van der Waals surface area contributed by atoms with E-state index in [4.69, 9.17) is 0 Å². The Morgan fingerprint density at radius 2 is 2.14 bits per heavy atom. The fourth-order valence-electron chi connectivity index (χ4n) is 5.26. The fourth-order valence-corrected chi connectivity index (χ4v) is 5.66. The molecule has 0 spiro atoms. The molecule has 2 aliphatic carbocycles. The highest BCUT2D eigenvalue weighted by atomic mass is 32.2. The van der Waals surface area contributed by atoms with Crippen molar-refractivity contribution in [2.24, 2.45) is 23.2 Å². The average molecular weight is 331 g/mol. The van der Waals surface area contributed by atoms with E-state index >= 15 is 0 Å². The highest BCUT2D eigenvalue weighted by Gasteiger charge is 2.50. The standard InChI is InChI=1S/C19H32F2S/c1-14(7-5-11-18(2,3)20)16-9-10-17-15(13-22-21)8-6-12-19(16,17)4/h13-14,16-17H,5-12H2,1-4H3/b15-13+. The molecule has 2 saturated carbocycles. The van der Waals surface area contributed by atoms with Gasteiger partial charge in [-0.05, 0) is 75.5 Å². The van der Waals surface area contributed by atoms with Crippen LogP contribution < -0.4 is 0 Å². The molecule has 0 heterocycles. The summed E-state index contributed by atoms with van der Waals surface area (Å²) in [7, 11) is 0. The first-order chi connectivity index (χ1) is 10.3. The van der Waals surface area contributed by atoms with Crippen LogP contribution in [0.2, 0.25) is 0 Å². The summed E-state index contributed by atoms with van der Waals surface area (Å²) in [4.78, 5) is 0. The number of alkyl halides is 1. The van der Waals surface area contributed by atoms with Gasteiger partial charge in [0.1, 0.15) is 5.67 Å². The van der Waals surface area contributed by atoms with E-state index in [1.165, 1.54) is 31.3 Å². The Kier molecular flexibility index (Phi) is 6.01. The van der Waals surface area contributed by atoms with Gasteiger partial charge in [-0.1, -0.05) is 32.3 Å². The van der Waals surface area contributed by atoms with Crippen molar-refractivity contribution in [3.63, 3.8) is 0 Å². The lowest BCUT2D eigenvalue weighted by Crippen LogP contribution is -2.36. The maximum absolute atomic E-state index is 13.7. The molecule has 4 unspecified atom stereocenters. The van der Waals surface area contributed by atoms with Crippen LogP contribution in [-0.4, -0.2) is 5.67 Å². The van der Waals surface area contributed by atoms with Gasteiger partial charge in [-0.2, -0.15) is 3.89 Å². The molecule has 22 heavy (non-hydrogen) atoms. The first-order valence-corrected chi connectivity index (χ1v) is 9.71. The van der Waals surface area contributed by atoms with Crippen molar-refractivity contribution < 1.29 is 8.28 Å². The molecule has 4 atom stereocenters. The molecule has 2 fully saturated rings. The Labute approximate surface area is 139 Å². The summed E-state index contributed by atoms with van der Waals surface area (Å²) in [6.45, 7) is 8.14. The summed E-state index contributed by atoms with van der Waals surface area (Å²) in [5.74, 6) is 1.94. The molecule has 0 aromatic rings. The second-order valence-electron chi connectivity index (χ2n) is 8.47. The van der Waals surface area contributed by atoms with E-state index < -0.39 is 5.67 Å². The van der Waals surface area contributed by atoms with E-state index in [0.29, 0.717) is 41.7 Å². The predicted molar refractivity (Wildman–Crippen MR) is 93.2 cm³/mol. The van der Waals surface area contributed by atoms with Crippen molar-refractivity contribution in [2.45, 2.75) is 84.7 Å². The van der Waals surface area contributed by atoms with Gasteiger partial charge >= 0.3 is 0 Å². The molecule has 3 heteroatoms. The zero-order chi connectivity index (χ0) is 16.4. The molecule has 0 amide bonds. The monoisotopic (exact) mass is 330 g/mol. The lowest BCUT2D eigenvalue weighted by Gasteiger charge is -2.44. The molecule has 0 nitrogen and oxygen atoms in total. The number of hydrogen-bond acceptors (Lipinski definition) is 1. The Morgan fingerprint density at radius 1 is 1.41 bits per heavy atom. The zero-order valence-corrected chi connectivity index (χ0v) is 15.4. The number of hydrogen-bond donors (Lipinski definition) is 0. The third-order valence-electron chi connectivity index (χ3n) is 6.35. The van der Waals surface area contributed by atoms with E-state index in [0.717, 1.165) is 19.3 Å². The third-order valence-corrected chi connectivity index (χ3v) is 6.74. The van der Waals surface area contributed by atoms with E-state index in [1.54, 1.807) is 19.3 Å². The Hall–Kier alpha value is -0.0500. The van der Waals surface area contributed by atoms with Gasteiger partial charge in [0.25, 0.3) is 0 Å². The van der Waals surface area contributed by atoms with Crippen LogP contribution in [0.25, 0.3) is 0 Å². The maximum Gasteiger partial charge on any atom is 0.105 e. The van der Waals surface area contributed by atoms with Crippen LogP contribution in [0.4, 0.5) is 8.28 Å². The molecular formula is C19H32F2S. The molecular weight excluding hydrogens is 298 g/mol. The van der Waals surface area contributed by atoms with Gasteiger partial charge in [-0.25, -0.2) is 4.39 Å². The summed E-state index contributed by atoms with van der Waals surface area (Å²) >= 11 is 0.378. The van der Waals surface area contributed by atoms with Gasteiger partial charge in [0.05, 0.1) is 12.1 Å². The van der Waals surface area contributed by atoms with Crippen molar-refractivity contribution in [1.29, 1.82) is 0 Å². The van der Waals surface area contributed by atoms with Crippen molar-refractivity contribution in [3.8, 4) is 0 Å². The van der Waals surface area contributed by atoms with E-state index in [-0.39, 0.29) is 0 Å². The molecule has 0 aromatic carbocycles. The summed E-state index contributed by atoms with van der Waals surface area (Å²) in [5.41, 5.74) is 0.645. The first kappa shape index (κ1) is 18.3. The van der Waals surface area contributed by atoms with Gasteiger partial charge in [0.15, 0.2) is 0 Å². The quantitative estimate of drug-likeness (QED) is 0.494. The summed E-state index contributed by atoms with van der Waals surface area (Å²) < 4.78 is 26.3. The largest absolute Gasteiger partial charge is 0.245 e. The SMILES string of the molecule is CC(CCCC(C)(C)F)C1CCC2/C(=C/SF)CCCC21C. The van der Waals surface area contributed by atoms with Crippen molar-refractivity contribution >= 4 is 12.1 Å². The average Bonchev–Trinajstić information content (AvgIpc) is 2.75. The lowest BCUT2D eigenvalue weighted by molar-refractivity contribution is 0.0905. The fraction of sp³-hybridized carbons (Fsp3) is 0.895. The summed E-state index contributed by atoms with van der Waals surface area (Å²) in [6.07, 6.45) is 8.78. The van der Waals surface area contributed by atoms with Crippen molar-refractivity contribution in [3.05, 3.63) is 11.0 Å². The second-order valence-corrected chi connectivity index (χ2v) is 8.88. The molecule has 0 aliphatic heterocycles. The summed E-state index contributed by atoms with van der Waals surface area (Å²) in [5, 5.41) is 1.76. The van der Waals surface area contributed by atoms with Gasteiger partial charge in [0, 0.05) is 5.41 Å². The number of rotatable bonds is 6. The molecule has 128 valence electrons. The molecule has 0 saturated heterocycles. The molecule has 0 radical (unpaired) electrons. The number of allylic oxidation sites excluding steroid dienone is 1. The minimum Gasteiger partial charge on any atom is -0.245 e. The summed E-state index contributed by atoms with van der Waals surface area (Å²) in [6, 6.07) is 0. The van der Waals surface area contributed by atoms with E-state index in [9.17, 15) is 8.28 Å². The van der Waals surface area contributed by atoms with Crippen LogP contribution in [-0.2, 0) is 0 Å². The Morgan fingerprint density at radius 3 is 2.77 bits per heavy atom.